The van der Waals surface area contributed by atoms with Gasteiger partial charge in [-0.3, -0.25) is 9.48 Å². The van der Waals surface area contributed by atoms with Gasteiger partial charge >= 0.3 is 0 Å². The van der Waals surface area contributed by atoms with E-state index in [4.69, 9.17) is 10.7 Å². The van der Waals surface area contributed by atoms with E-state index in [1.807, 2.05) is 0 Å². The summed E-state index contributed by atoms with van der Waals surface area (Å²) in [6, 6.07) is 0. The number of amides is 1. The molecule has 96 valence electrons. The van der Waals surface area contributed by atoms with Crippen molar-refractivity contribution < 1.29 is 13.2 Å². The van der Waals surface area contributed by atoms with E-state index in [1.54, 1.807) is 13.8 Å². The highest BCUT2D eigenvalue weighted by Gasteiger charge is 2.23. The first kappa shape index (κ1) is 14.0. The van der Waals surface area contributed by atoms with Crippen LogP contribution >= 0.6 is 10.7 Å². The molecule has 0 aliphatic rings. The van der Waals surface area contributed by atoms with E-state index in [1.165, 1.54) is 11.6 Å². The van der Waals surface area contributed by atoms with Crippen molar-refractivity contribution in [1.82, 2.24) is 15.1 Å². The Morgan fingerprint density at radius 2 is 2.06 bits per heavy atom. The van der Waals surface area contributed by atoms with Crippen LogP contribution in [0.25, 0.3) is 0 Å². The van der Waals surface area contributed by atoms with Crippen molar-refractivity contribution in [3.05, 3.63) is 11.4 Å². The molecule has 6 nitrogen and oxygen atoms in total. The zero-order valence-corrected chi connectivity index (χ0v) is 11.4. The number of carbonyl (C=O) groups is 1. The predicted molar refractivity (Wildman–Crippen MR) is 63.4 cm³/mol. The van der Waals surface area contributed by atoms with Gasteiger partial charge in [-0.05, 0) is 20.8 Å². The second kappa shape index (κ2) is 5.05. The largest absolute Gasteiger partial charge is 0.355 e. The number of halogens is 1. The van der Waals surface area contributed by atoms with Gasteiger partial charge in [0.25, 0.3) is 9.05 Å². The molecule has 0 saturated carbocycles. The predicted octanol–water partition coefficient (Wildman–Crippen LogP) is 0.564. The second-order valence-electron chi connectivity index (χ2n) is 3.55. The first-order chi connectivity index (χ1) is 7.77. The molecule has 8 heteroatoms. The van der Waals surface area contributed by atoms with Gasteiger partial charge in [0.05, 0.1) is 11.4 Å². The first-order valence-electron chi connectivity index (χ1n) is 5.02. The van der Waals surface area contributed by atoms with E-state index < -0.39 is 9.05 Å². The fraction of sp³-hybridized carbons (Fsp3) is 0.556. The maximum atomic E-state index is 11.4. The molecule has 0 fully saturated rings. The van der Waals surface area contributed by atoms with Crippen molar-refractivity contribution in [3.8, 4) is 0 Å². The average Bonchev–Trinajstić information content (AvgIpc) is 2.40. The number of aryl methyl sites for hydroxylation is 1. The van der Waals surface area contributed by atoms with Crippen LogP contribution in [0.5, 0.6) is 0 Å². The van der Waals surface area contributed by atoms with Crippen LogP contribution in [0.4, 0.5) is 0 Å². The van der Waals surface area contributed by atoms with Crippen molar-refractivity contribution in [3.63, 3.8) is 0 Å². The first-order valence-corrected chi connectivity index (χ1v) is 7.33. The van der Waals surface area contributed by atoms with Crippen LogP contribution in [-0.4, -0.2) is 30.7 Å². The summed E-state index contributed by atoms with van der Waals surface area (Å²) in [5.41, 5.74) is 0.658. The Labute approximate surface area is 104 Å². The molecule has 0 aromatic carbocycles. The number of hydrogen-bond donors (Lipinski definition) is 1. The lowest BCUT2D eigenvalue weighted by Crippen LogP contribution is -2.28. The van der Waals surface area contributed by atoms with Crippen LogP contribution in [0.1, 0.15) is 18.3 Å². The number of likely N-dealkylation sites (N-methyl/N-ethyl adjacent to an activating group) is 1. The zero-order valence-electron chi connectivity index (χ0n) is 9.82. The molecule has 1 rings (SSSR count). The molecule has 1 heterocycles. The molecule has 1 N–H and O–H groups in total. The monoisotopic (exact) mass is 279 g/mol. The lowest BCUT2D eigenvalue weighted by Gasteiger charge is -2.04. The van der Waals surface area contributed by atoms with Crippen LogP contribution in [-0.2, 0) is 20.4 Å². The van der Waals surface area contributed by atoms with Crippen LogP contribution in [0.15, 0.2) is 4.90 Å². The standard InChI is InChI=1S/C9H14ClN3O3S/c1-4-11-8(14)5-13-7(3)9(6(2)12-13)17(10,15)16/h4-5H2,1-3H3,(H,11,14). The van der Waals surface area contributed by atoms with Gasteiger partial charge in [-0.1, -0.05) is 0 Å². The highest BCUT2D eigenvalue weighted by atomic mass is 35.7. The fourth-order valence-electron chi connectivity index (χ4n) is 1.58. The second-order valence-corrected chi connectivity index (χ2v) is 6.05. The van der Waals surface area contributed by atoms with Gasteiger partial charge in [-0.2, -0.15) is 5.10 Å². The van der Waals surface area contributed by atoms with E-state index in [9.17, 15) is 13.2 Å². The van der Waals surface area contributed by atoms with Gasteiger partial charge in [0.2, 0.25) is 5.91 Å². The third kappa shape index (κ3) is 3.19. The molecule has 0 spiro atoms. The van der Waals surface area contributed by atoms with E-state index in [2.05, 4.69) is 10.4 Å². The van der Waals surface area contributed by atoms with Crippen molar-refractivity contribution in [1.29, 1.82) is 0 Å². The van der Waals surface area contributed by atoms with E-state index in [-0.39, 0.29) is 17.3 Å². The summed E-state index contributed by atoms with van der Waals surface area (Å²) in [4.78, 5) is 11.4. The fourth-order valence-corrected chi connectivity index (χ4v) is 3.10. The smallest absolute Gasteiger partial charge is 0.264 e. The summed E-state index contributed by atoms with van der Waals surface area (Å²) in [5.74, 6) is -0.225. The molecule has 0 aliphatic heterocycles. The Hall–Kier alpha value is -1.08. The van der Waals surface area contributed by atoms with Crippen LogP contribution in [0.3, 0.4) is 0 Å². The maximum absolute atomic E-state index is 11.4. The minimum absolute atomic E-state index is 0.0209. The molecule has 17 heavy (non-hydrogen) atoms. The van der Waals surface area contributed by atoms with Crippen molar-refractivity contribution >= 4 is 25.6 Å². The summed E-state index contributed by atoms with van der Waals surface area (Å²) in [6.45, 7) is 5.39. The lowest BCUT2D eigenvalue weighted by atomic mass is 10.4. The topological polar surface area (TPSA) is 81.1 Å². The highest BCUT2D eigenvalue weighted by molar-refractivity contribution is 8.13. The van der Waals surface area contributed by atoms with Crippen molar-refractivity contribution in [2.45, 2.75) is 32.2 Å². The molecule has 1 amide bonds. The van der Waals surface area contributed by atoms with Crippen LogP contribution < -0.4 is 5.32 Å². The summed E-state index contributed by atoms with van der Waals surface area (Å²) in [5, 5.41) is 6.60. The minimum Gasteiger partial charge on any atom is -0.355 e. The third-order valence-electron chi connectivity index (χ3n) is 2.23. The van der Waals surface area contributed by atoms with Gasteiger partial charge in [0, 0.05) is 17.2 Å². The number of rotatable bonds is 4. The van der Waals surface area contributed by atoms with E-state index >= 15 is 0 Å². The van der Waals surface area contributed by atoms with Gasteiger partial charge in [-0.15, -0.1) is 0 Å². The SMILES string of the molecule is CCNC(=O)Cn1nc(C)c(S(=O)(=O)Cl)c1C. The Morgan fingerprint density at radius 3 is 2.47 bits per heavy atom. The zero-order chi connectivity index (χ0) is 13.2. The number of carbonyl (C=O) groups excluding carboxylic acids is 1. The normalized spacial score (nSPS) is 11.5. The Balaban J connectivity index is 3.10. The maximum Gasteiger partial charge on any atom is 0.264 e. The van der Waals surface area contributed by atoms with Gasteiger partial charge in [-0.25, -0.2) is 8.42 Å². The Kier molecular flexibility index (Phi) is 4.16. The number of hydrogen-bond acceptors (Lipinski definition) is 4. The molecule has 0 atom stereocenters. The van der Waals surface area contributed by atoms with E-state index in [0.717, 1.165) is 0 Å². The van der Waals surface area contributed by atoms with Crippen LogP contribution in [0, 0.1) is 13.8 Å². The van der Waals surface area contributed by atoms with Crippen LogP contribution in [0.2, 0.25) is 0 Å². The molecule has 0 unspecified atom stereocenters. The quantitative estimate of drug-likeness (QED) is 0.817. The number of aromatic nitrogens is 2. The molecular weight excluding hydrogens is 266 g/mol. The molecule has 0 radical (unpaired) electrons. The van der Waals surface area contributed by atoms with Crippen molar-refractivity contribution in [2.75, 3.05) is 6.54 Å². The number of nitrogens with zero attached hydrogens (tertiary/aromatic N) is 2. The molecule has 1 aromatic heterocycles. The summed E-state index contributed by atoms with van der Waals surface area (Å²) < 4.78 is 24.0. The average molecular weight is 280 g/mol. The van der Waals surface area contributed by atoms with Crippen molar-refractivity contribution in [2.24, 2.45) is 0 Å². The molecular formula is C9H14ClN3O3S. The van der Waals surface area contributed by atoms with E-state index in [0.29, 0.717) is 17.9 Å². The third-order valence-corrected chi connectivity index (χ3v) is 3.77. The van der Waals surface area contributed by atoms with Gasteiger partial charge in [0.15, 0.2) is 0 Å². The summed E-state index contributed by atoms with van der Waals surface area (Å²) in [6.07, 6.45) is 0. The minimum atomic E-state index is -3.83. The summed E-state index contributed by atoms with van der Waals surface area (Å²) in [7, 11) is 1.46. The number of nitrogens with one attached hydrogen (secondary N) is 1. The lowest BCUT2D eigenvalue weighted by molar-refractivity contribution is -0.121. The summed E-state index contributed by atoms with van der Waals surface area (Å²) >= 11 is 0. The molecule has 1 aromatic rings. The van der Waals surface area contributed by atoms with Gasteiger partial charge in [0.1, 0.15) is 11.4 Å². The highest BCUT2D eigenvalue weighted by Crippen LogP contribution is 2.22. The molecule has 0 bridgehead atoms. The Morgan fingerprint density at radius 1 is 1.47 bits per heavy atom. The molecule has 0 saturated heterocycles. The molecule has 0 aliphatic carbocycles. The van der Waals surface area contributed by atoms with Gasteiger partial charge < -0.3 is 5.32 Å². The Bertz CT molecular complexity index is 536.